The maximum atomic E-state index is 13.3. The van der Waals surface area contributed by atoms with Gasteiger partial charge in [0.25, 0.3) is 0 Å². The topological polar surface area (TPSA) is 95.9 Å². The Morgan fingerprint density at radius 2 is 0.773 bits per heavy atom. The zero-order chi connectivity index (χ0) is 48.1. The molecule has 3 atom stereocenters. The van der Waals surface area contributed by atoms with Crippen molar-refractivity contribution in [3.05, 3.63) is 36.5 Å². The van der Waals surface area contributed by atoms with Gasteiger partial charge in [-0.25, -0.2) is 0 Å². The first-order chi connectivity index (χ1) is 32.5. The van der Waals surface area contributed by atoms with Crippen LogP contribution in [-0.4, -0.2) is 46.9 Å². The number of allylic oxidation sites excluding steroid dienone is 6. The lowest BCUT2D eigenvalue weighted by Crippen LogP contribution is -2.46. The Balaban J connectivity index is 4.59. The Labute approximate surface area is 411 Å². The van der Waals surface area contributed by atoms with Crippen molar-refractivity contribution >= 4 is 11.9 Å². The van der Waals surface area contributed by atoms with Gasteiger partial charge in [0.1, 0.15) is 6.10 Å². The van der Waals surface area contributed by atoms with E-state index in [1.165, 1.54) is 193 Å². The Bertz CT molecular complexity index is 1090. The van der Waals surface area contributed by atoms with Crippen LogP contribution in [0.4, 0.5) is 0 Å². The standard InChI is InChI=1S/C60H113NO5/c1-4-7-10-13-16-19-22-25-28-30-32-35-38-41-44-47-50-53-60(65)66-56(51-48-45-42-39-36-33-31-29-26-23-20-17-14-11-8-5-2)54-59(64)61-57(55-62)58(63)52-49-46-43-40-37-34-27-24-21-18-15-12-9-6-3/h23,26,29,31,33,36,56-58,62-63H,4-22,24-25,27-28,30,32,34-35,37-55H2,1-3H3,(H,61,64)/b26-23+,31-29+,36-33+. The summed E-state index contributed by atoms with van der Waals surface area (Å²) < 4.78 is 5.95. The van der Waals surface area contributed by atoms with Gasteiger partial charge in [-0.15, -0.1) is 0 Å². The maximum Gasteiger partial charge on any atom is 0.306 e. The van der Waals surface area contributed by atoms with E-state index in [-0.39, 0.29) is 24.9 Å². The molecule has 0 aliphatic rings. The SMILES string of the molecule is CCCCCCC/C=C/C=C/C=C/CCCCCC(CC(=O)NC(CO)C(O)CCCCCCCCCCCCCCCC)OC(=O)CCCCCCCCCCCCCCCCCCC. The molecule has 0 bridgehead atoms. The highest BCUT2D eigenvalue weighted by molar-refractivity contribution is 5.77. The second-order valence-electron chi connectivity index (χ2n) is 20.1. The molecule has 0 fully saturated rings. The number of nitrogens with one attached hydrogen (secondary N) is 1. The van der Waals surface area contributed by atoms with Crippen LogP contribution in [0.3, 0.4) is 0 Å². The number of hydrogen-bond acceptors (Lipinski definition) is 5. The van der Waals surface area contributed by atoms with E-state index in [0.29, 0.717) is 19.3 Å². The molecule has 66 heavy (non-hydrogen) atoms. The number of unbranched alkanes of at least 4 members (excludes halogenated alkanes) is 37. The molecule has 0 aliphatic heterocycles. The van der Waals surface area contributed by atoms with Crippen LogP contribution >= 0.6 is 0 Å². The van der Waals surface area contributed by atoms with Crippen molar-refractivity contribution in [2.45, 2.75) is 328 Å². The van der Waals surface area contributed by atoms with Crippen LogP contribution < -0.4 is 5.32 Å². The molecule has 6 nitrogen and oxygen atoms in total. The van der Waals surface area contributed by atoms with Crippen LogP contribution in [0.1, 0.15) is 310 Å². The largest absolute Gasteiger partial charge is 0.462 e. The van der Waals surface area contributed by atoms with E-state index in [4.69, 9.17) is 4.74 Å². The molecule has 6 heteroatoms. The normalized spacial score (nSPS) is 13.3. The van der Waals surface area contributed by atoms with Crippen LogP contribution in [0, 0.1) is 0 Å². The molecule has 0 radical (unpaired) electrons. The highest BCUT2D eigenvalue weighted by Crippen LogP contribution is 2.18. The molecular formula is C60H113NO5. The second-order valence-corrected chi connectivity index (χ2v) is 20.1. The number of ether oxygens (including phenoxy) is 1. The third-order valence-corrected chi connectivity index (χ3v) is 13.5. The predicted molar refractivity (Wildman–Crippen MR) is 287 cm³/mol. The van der Waals surface area contributed by atoms with E-state index in [9.17, 15) is 19.8 Å². The number of amides is 1. The summed E-state index contributed by atoms with van der Waals surface area (Å²) in [5, 5.41) is 23.9. The molecule has 0 saturated carbocycles. The lowest BCUT2D eigenvalue weighted by atomic mass is 10.0. The number of hydrogen-bond donors (Lipinski definition) is 3. The van der Waals surface area contributed by atoms with Gasteiger partial charge < -0.3 is 20.3 Å². The van der Waals surface area contributed by atoms with Crippen molar-refractivity contribution in [1.82, 2.24) is 5.32 Å². The van der Waals surface area contributed by atoms with Crippen molar-refractivity contribution in [3.63, 3.8) is 0 Å². The first-order valence-corrected chi connectivity index (χ1v) is 29.2. The lowest BCUT2D eigenvalue weighted by Gasteiger charge is -2.24. The predicted octanol–water partition coefficient (Wildman–Crippen LogP) is 18.0. The van der Waals surface area contributed by atoms with Gasteiger partial charge in [0, 0.05) is 6.42 Å². The molecule has 3 unspecified atom stereocenters. The number of carbonyl (C=O) groups is 2. The third-order valence-electron chi connectivity index (χ3n) is 13.5. The average molecular weight is 929 g/mol. The van der Waals surface area contributed by atoms with E-state index in [1.807, 2.05) is 0 Å². The van der Waals surface area contributed by atoms with Crippen molar-refractivity contribution in [2.75, 3.05) is 6.61 Å². The minimum atomic E-state index is -0.795. The second kappa shape index (κ2) is 54.0. The summed E-state index contributed by atoms with van der Waals surface area (Å²) >= 11 is 0. The minimum Gasteiger partial charge on any atom is -0.462 e. The van der Waals surface area contributed by atoms with Gasteiger partial charge in [-0.3, -0.25) is 9.59 Å². The van der Waals surface area contributed by atoms with E-state index in [0.717, 1.165) is 70.6 Å². The van der Waals surface area contributed by atoms with Gasteiger partial charge in [-0.2, -0.15) is 0 Å². The molecule has 0 rings (SSSR count). The van der Waals surface area contributed by atoms with Crippen LogP contribution in [0.15, 0.2) is 36.5 Å². The van der Waals surface area contributed by atoms with Gasteiger partial charge in [-0.1, -0.05) is 282 Å². The van der Waals surface area contributed by atoms with Gasteiger partial charge >= 0.3 is 5.97 Å². The smallest absolute Gasteiger partial charge is 0.306 e. The first-order valence-electron chi connectivity index (χ1n) is 29.2. The van der Waals surface area contributed by atoms with E-state index < -0.39 is 18.2 Å². The Kier molecular flexibility index (Phi) is 52.5. The fraction of sp³-hybridized carbons (Fsp3) is 0.867. The molecule has 0 heterocycles. The van der Waals surface area contributed by atoms with Crippen molar-refractivity contribution < 1.29 is 24.5 Å². The number of carbonyl (C=O) groups excluding carboxylic acids is 2. The van der Waals surface area contributed by atoms with Crippen molar-refractivity contribution in [3.8, 4) is 0 Å². The monoisotopic (exact) mass is 928 g/mol. The van der Waals surface area contributed by atoms with Gasteiger partial charge in [0.15, 0.2) is 0 Å². The van der Waals surface area contributed by atoms with Crippen molar-refractivity contribution in [2.24, 2.45) is 0 Å². The van der Waals surface area contributed by atoms with Gasteiger partial charge in [0.05, 0.1) is 25.2 Å². The Morgan fingerprint density at radius 1 is 0.439 bits per heavy atom. The van der Waals surface area contributed by atoms with Gasteiger partial charge in [-0.05, 0) is 51.4 Å². The summed E-state index contributed by atoms with van der Waals surface area (Å²) in [7, 11) is 0. The zero-order valence-electron chi connectivity index (χ0n) is 44.3. The molecule has 388 valence electrons. The summed E-state index contributed by atoms with van der Waals surface area (Å²) in [6.07, 6.45) is 64.9. The molecule has 1 amide bonds. The highest BCUT2D eigenvalue weighted by Gasteiger charge is 2.24. The summed E-state index contributed by atoms with van der Waals surface area (Å²) in [6, 6.07) is -0.711. The minimum absolute atomic E-state index is 0.0593. The first kappa shape index (κ1) is 64.1. The fourth-order valence-electron chi connectivity index (χ4n) is 9.08. The molecule has 0 aromatic carbocycles. The third kappa shape index (κ3) is 48.5. The quantitative estimate of drug-likeness (QED) is 0.0321. The summed E-state index contributed by atoms with van der Waals surface area (Å²) in [4.78, 5) is 26.3. The van der Waals surface area contributed by atoms with Crippen LogP contribution in [0.5, 0.6) is 0 Å². The molecule has 0 aliphatic carbocycles. The van der Waals surface area contributed by atoms with Crippen molar-refractivity contribution in [1.29, 1.82) is 0 Å². The molecule has 0 saturated heterocycles. The van der Waals surface area contributed by atoms with Gasteiger partial charge in [0.2, 0.25) is 5.91 Å². The molecule has 0 spiro atoms. The summed E-state index contributed by atoms with van der Waals surface area (Å²) in [5.74, 6) is -0.490. The Hall–Kier alpha value is -1.92. The maximum absolute atomic E-state index is 13.3. The molecule has 0 aromatic heterocycles. The van der Waals surface area contributed by atoms with E-state index in [1.54, 1.807) is 0 Å². The number of esters is 1. The average Bonchev–Trinajstić information content (AvgIpc) is 3.31. The van der Waals surface area contributed by atoms with Crippen LogP contribution in [0.2, 0.25) is 0 Å². The molecule has 0 aromatic rings. The summed E-state index contributed by atoms with van der Waals surface area (Å²) in [5.41, 5.74) is 0. The van der Waals surface area contributed by atoms with Crippen LogP contribution in [0.25, 0.3) is 0 Å². The fourth-order valence-corrected chi connectivity index (χ4v) is 9.08. The lowest BCUT2D eigenvalue weighted by molar-refractivity contribution is -0.151. The number of rotatable bonds is 53. The molecular weight excluding hydrogens is 815 g/mol. The zero-order valence-corrected chi connectivity index (χ0v) is 44.3. The number of aliphatic hydroxyl groups is 2. The van der Waals surface area contributed by atoms with E-state index in [2.05, 4.69) is 62.5 Å². The summed E-state index contributed by atoms with van der Waals surface area (Å²) in [6.45, 7) is 6.49. The van der Waals surface area contributed by atoms with E-state index >= 15 is 0 Å². The number of aliphatic hydroxyl groups excluding tert-OH is 2. The molecule has 3 N–H and O–H groups in total. The Morgan fingerprint density at radius 3 is 1.17 bits per heavy atom. The highest BCUT2D eigenvalue weighted by atomic mass is 16.5. The van der Waals surface area contributed by atoms with Crippen LogP contribution in [-0.2, 0) is 14.3 Å².